The molecule has 1 atom stereocenters. The van der Waals surface area contributed by atoms with E-state index in [0.29, 0.717) is 6.54 Å². The Kier molecular flexibility index (Phi) is 4.28. The fourth-order valence-electron chi connectivity index (χ4n) is 2.83. The van der Waals surface area contributed by atoms with Crippen LogP contribution in [-0.4, -0.2) is 29.7 Å². The summed E-state index contributed by atoms with van der Waals surface area (Å²) in [5.41, 5.74) is 2.84. The van der Waals surface area contributed by atoms with Gasteiger partial charge in [-0.2, -0.15) is 0 Å². The zero-order chi connectivity index (χ0) is 16.2. The van der Waals surface area contributed by atoms with Crippen molar-refractivity contribution in [2.75, 3.05) is 11.4 Å². The van der Waals surface area contributed by atoms with Gasteiger partial charge in [-0.05, 0) is 23.6 Å². The molecule has 0 fully saturated rings. The second kappa shape index (κ2) is 6.52. The summed E-state index contributed by atoms with van der Waals surface area (Å²) in [4.78, 5) is 25.5. The number of hydrogen-bond acceptors (Lipinski definition) is 2. The van der Waals surface area contributed by atoms with E-state index in [1.807, 2.05) is 54.6 Å². The fraction of sp³-hybridized carbons (Fsp3) is 0.222. The van der Waals surface area contributed by atoms with Gasteiger partial charge in [-0.3, -0.25) is 4.90 Å². The maximum Gasteiger partial charge on any atom is 0.326 e. The third-order valence-electron chi connectivity index (χ3n) is 4.01. The van der Waals surface area contributed by atoms with E-state index < -0.39 is 12.0 Å². The molecule has 2 aromatic rings. The van der Waals surface area contributed by atoms with Gasteiger partial charge in [-0.25, -0.2) is 9.59 Å². The Morgan fingerprint density at radius 2 is 1.78 bits per heavy atom. The molecule has 5 heteroatoms. The smallest absolute Gasteiger partial charge is 0.326 e. The van der Waals surface area contributed by atoms with Crippen molar-refractivity contribution in [2.45, 2.75) is 18.9 Å². The van der Waals surface area contributed by atoms with Crippen molar-refractivity contribution in [2.24, 2.45) is 0 Å². The number of hydrogen-bond donors (Lipinski definition) is 2. The molecule has 0 aliphatic carbocycles. The summed E-state index contributed by atoms with van der Waals surface area (Å²) in [7, 11) is 0. The van der Waals surface area contributed by atoms with Crippen molar-refractivity contribution in [1.29, 1.82) is 0 Å². The van der Waals surface area contributed by atoms with Crippen LogP contribution in [0.15, 0.2) is 54.6 Å². The van der Waals surface area contributed by atoms with Crippen molar-refractivity contribution >= 4 is 17.7 Å². The van der Waals surface area contributed by atoms with E-state index >= 15 is 0 Å². The van der Waals surface area contributed by atoms with E-state index in [4.69, 9.17) is 0 Å². The first-order chi connectivity index (χ1) is 11.1. The summed E-state index contributed by atoms with van der Waals surface area (Å²) in [6.45, 7) is 0.572. The van der Waals surface area contributed by atoms with Gasteiger partial charge in [-0.15, -0.1) is 0 Å². The van der Waals surface area contributed by atoms with Crippen LogP contribution in [-0.2, 0) is 17.6 Å². The van der Waals surface area contributed by atoms with Gasteiger partial charge in [0.25, 0.3) is 0 Å². The molecule has 3 rings (SSSR count). The molecule has 5 nitrogen and oxygen atoms in total. The van der Waals surface area contributed by atoms with Gasteiger partial charge in [0.2, 0.25) is 0 Å². The molecule has 2 amide bonds. The van der Waals surface area contributed by atoms with Crippen LogP contribution in [0, 0.1) is 0 Å². The number of nitrogens with one attached hydrogen (secondary N) is 1. The number of rotatable bonds is 4. The molecular weight excluding hydrogens is 292 g/mol. The van der Waals surface area contributed by atoms with Crippen LogP contribution in [0.25, 0.3) is 0 Å². The molecule has 1 aliphatic rings. The van der Waals surface area contributed by atoms with Crippen LogP contribution in [0.1, 0.15) is 11.1 Å². The first kappa shape index (κ1) is 15.1. The summed E-state index contributed by atoms with van der Waals surface area (Å²) < 4.78 is 0. The van der Waals surface area contributed by atoms with Gasteiger partial charge in [0, 0.05) is 18.7 Å². The number of aliphatic carboxylic acids is 1. The third-order valence-corrected chi connectivity index (χ3v) is 4.01. The van der Waals surface area contributed by atoms with Crippen LogP contribution >= 0.6 is 0 Å². The van der Waals surface area contributed by atoms with Crippen molar-refractivity contribution < 1.29 is 14.7 Å². The zero-order valence-electron chi connectivity index (χ0n) is 12.6. The number of carbonyl (C=O) groups excluding carboxylic acids is 1. The lowest BCUT2D eigenvalue weighted by Gasteiger charge is -2.21. The molecule has 0 saturated heterocycles. The van der Waals surface area contributed by atoms with E-state index in [1.54, 1.807) is 4.90 Å². The number of fused-ring (bicyclic) bond motifs is 1. The Bertz CT molecular complexity index is 715. The number of nitrogens with zero attached hydrogens (tertiary/aromatic N) is 1. The summed E-state index contributed by atoms with van der Waals surface area (Å²) >= 11 is 0. The van der Waals surface area contributed by atoms with Crippen molar-refractivity contribution in [3.05, 3.63) is 65.7 Å². The third kappa shape index (κ3) is 3.34. The number of carboxylic acids is 1. The molecule has 0 aromatic heterocycles. The summed E-state index contributed by atoms with van der Waals surface area (Å²) in [5.74, 6) is -1.03. The SMILES string of the molecule is O=C(O)[C@H](Cc1ccccc1)NC(=O)N1CCc2ccccc21. The summed E-state index contributed by atoms with van der Waals surface area (Å²) in [6, 6.07) is 15.7. The lowest BCUT2D eigenvalue weighted by molar-refractivity contribution is -0.139. The normalized spacial score (nSPS) is 14.2. The zero-order valence-corrected chi connectivity index (χ0v) is 12.6. The van der Waals surface area contributed by atoms with Crippen molar-refractivity contribution in [3.63, 3.8) is 0 Å². The Balaban J connectivity index is 1.71. The number of para-hydroxylation sites is 1. The predicted octanol–water partition coefficient (Wildman–Crippen LogP) is 2.45. The summed E-state index contributed by atoms with van der Waals surface area (Å²) in [6.07, 6.45) is 1.05. The highest BCUT2D eigenvalue weighted by atomic mass is 16.4. The minimum absolute atomic E-state index is 0.261. The average Bonchev–Trinajstić information content (AvgIpc) is 2.99. The van der Waals surface area contributed by atoms with Gasteiger partial charge in [0.1, 0.15) is 6.04 Å². The number of anilines is 1. The monoisotopic (exact) mass is 310 g/mol. The van der Waals surface area contributed by atoms with E-state index in [9.17, 15) is 14.7 Å². The number of carboxylic acid groups (broad SMARTS) is 1. The van der Waals surface area contributed by atoms with Crippen molar-refractivity contribution in [1.82, 2.24) is 5.32 Å². The largest absolute Gasteiger partial charge is 0.480 e. The maximum atomic E-state index is 12.5. The molecule has 23 heavy (non-hydrogen) atoms. The number of amides is 2. The first-order valence-corrected chi connectivity index (χ1v) is 7.58. The van der Waals surface area contributed by atoms with E-state index in [-0.39, 0.29) is 12.5 Å². The van der Waals surface area contributed by atoms with Gasteiger partial charge in [-0.1, -0.05) is 48.5 Å². The fourth-order valence-corrected chi connectivity index (χ4v) is 2.83. The van der Waals surface area contributed by atoms with Gasteiger partial charge in [0.05, 0.1) is 0 Å². The van der Waals surface area contributed by atoms with Crippen LogP contribution in [0.3, 0.4) is 0 Å². The van der Waals surface area contributed by atoms with Crippen LogP contribution in [0.2, 0.25) is 0 Å². The molecule has 1 aliphatic heterocycles. The first-order valence-electron chi connectivity index (χ1n) is 7.58. The molecule has 0 bridgehead atoms. The highest BCUT2D eigenvalue weighted by Gasteiger charge is 2.28. The van der Waals surface area contributed by atoms with E-state index in [1.165, 1.54) is 0 Å². The van der Waals surface area contributed by atoms with Crippen LogP contribution < -0.4 is 10.2 Å². The van der Waals surface area contributed by atoms with Crippen LogP contribution in [0.4, 0.5) is 10.5 Å². The molecule has 2 aromatic carbocycles. The highest BCUT2D eigenvalue weighted by molar-refractivity contribution is 5.96. The van der Waals surface area contributed by atoms with Gasteiger partial charge in [0.15, 0.2) is 0 Å². The predicted molar refractivity (Wildman–Crippen MR) is 87.6 cm³/mol. The molecule has 2 N–H and O–H groups in total. The number of urea groups is 1. The quantitative estimate of drug-likeness (QED) is 0.911. The molecule has 0 saturated carbocycles. The van der Waals surface area contributed by atoms with Crippen LogP contribution in [0.5, 0.6) is 0 Å². The maximum absolute atomic E-state index is 12.5. The molecule has 0 radical (unpaired) electrons. The number of benzene rings is 2. The van der Waals surface area contributed by atoms with E-state index in [2.05, 4.69) is 5.32 Å². The second-order valence-corrected chi connectivity index (χ2v) is 5.56. The topological polar surface area (TPSA) is 69.6 Å². The molecule has 1 heterocycles. The Hall–Kier alpha value is -2.82. The van der Waals surface area contributed by atoms with Crippen molar-refractivity contribution in [3.8, 4) is 0 Å². The average molecular weight is 310 g/mol. The van der Waals surface area contributed by atoms with E-state index in [0.717, 1.165) is 23.2 Å². The molecular formula is C18H18N2O3. The molecule has 118 valence electrons. The standard InChI is InChI=1S/C18H18N2O3/c21-17(22)15(12-13-6-2-1-3-7-13)19-18(23)20-11-10-14-8-4-5-9-16(14)20/h1-9,15H,10-12H2,(H,19,23)(H,21,22)/t15-/m0/s1. The van der Waals surface area contributed by atoms with Gasteiger partial charge < -0.3 is 10.4 Å². The Labute approximate surface area is 134 Å². The Morgan fingerprint density at radius 3 is 2.52 bits per heavy atom. The second-order valence-electron chi connectivity index (χ2n) is 5.56. The van der Waals surface area contributed by atoms with Gasteiger partial charge >= 0.3 is 12.0 Å². The number of carbonyl (C=O) groups is 2. The lowest BCUT2D eigenvalue weighted by Crippen LogP contribution is -2.48. The summed E-state index contributed by atoms with van der Waals surface area (Å²) in [5, 5.41) is 12.0. The minimum atomic E-state index is -1.03. The lowest BCUT2D eigenvalue weighted by atomic mass is 10.1. The Morgan fingerprint density at radius 1 is 1.09 bits per heavy atom. The molecule has 0 spiro atoms. The highest BCUT2D eigenvalue weighted by Crippen LogP contribution is 2.27. The molecule has 0 unspecified atom stereocenters. The minimum Gasteiger partial charge on any atom is -0.480 e.